The van der Waals surface area contributed by atoms with Crippen molar-refractivity contribution in [2.45, 2.75) is 20.3 Å². The summed E-state index contributed by atoms with van der Waals surface area (Å²) < 4.78 is 4.52. The Bertz CT molecular complexity index is 196. The van der Waals surface area contributed by atoms with Crippen molar-refractivity contribution in [3.05, 3.63) is 0 Å². The summed E-state index contributed by atoms with van der Waals surface area (Å²) >= 11 is 0. The van der Waals surface area contributed by atoms with Crippen LogP contribution in [0.15, 0.2) is 0 Å². The Labute approximate surface area is 85.2 Å². The van der Waals surface area contributed by atoms with Gasteiger partial charge in [0.05, 0.1) is 7.11 Å². The van der Waals surface area contributed by atoms with Crippen LogP contribution in [0.25, 0.3) is 0 Å². The number of hydrogen-bond donors (Lipinski definition) is 0. The third-order valence-electron chi connectivity index (χ3n) is 2.11. The highest BCUT2D eigenvalue weighted by Gasteiger charge is 2.31. The minimum atomic E-state index is -0.561. The van der Waals surface area contributed by atoms with Crippen molar-refractivity contribution in [2.75, 3.05) is 27.2 Å². The molecule has 1 aliphatic rings. The highest BCUT2D eigenvalue weighted by atomic mass is 16.5. The van der Waals surface area contributed by atoms with Crippen LogP contribution in [-0.4, -0.2) is 43.9 Å². The van der Waals surface area contributed by atoms with Crippen LogP contribution < -0.4 is 0 Å². The molecule has 0 radical (unpaired) electrons. The number of ether oxygens (including phenoxy) is 1. The van der Waals surface area contributed by atoms with Gasteiger partial charge in [0.15, 0.2) is 0 Å². The Kier molecular flexibility index (Phi) is 6.12. The monoisotopic (exact) mass is 201 g/mol. The van der Waals surface area contributed by atoms with Gasteiger partial charge in [0.25, 0.3) is 0 Å². The maximum atomic E-state index is 11.2. The third kappa shape index (κ3) is 3.46. The van der Waals surface area contributed by atoms with Crippen LogP contribution in [0.3, 0.4) is 0 Å². The SMILES string of the molecule is CC.COC(=O)C1CN(C)CCC1=O. The van der Waals surface area contributed by atoms with Crippen molar-refractivity contribution in [3.8, 4) is 0 Å². The van der Waals surface area contributed by atoms with E-state index < -0.39 is 11.9 Å². The summed E-state index contributed by atoms with van der Waals surface area (Å²) in [5.74, 6) is -0.972. The van der Waals surface area contributed by atoms with Crippen molar-refractivity contribution >= 4 is 11.8 Å². The number of carbonyl (C=O) groups excluding carboxylic acids is 2. The molecule has 1 aliphatic heterocycles. The van der Waals surface area contributed by atoms with Gasteiger partial charge in [0.2, 0.25) is 0 Å². The van der Waals surface area contributed by atoms with Crippen LogP contribution in [0.1, 0.15) is 20.3 Å². The number of ketones is 1. The number of methoxy groups -OCH3 is 1. The number of likely N-dealkylation sites (tertiary alicyclic amines) is 1. The second-order valence-electron chi connectivity index (χ2n) is 3.05. The number of Topliss-reactive ketones (excluding diaryl/α,β-unsaturated/α-hetero) is 1. The van der Waals surface area contributed by atoms with E-state index in [-0.39, 0.29) is 5.78 Å². The summed E-state index contributed by atoms with van der Waals surface area (Å²) in [6.45, 7) is 5.23. The van der Waals surface area contributed by atoms with E-state index in [1.165, 1.54) is 7.11 Å². The molecule has 1 fully saturated rings. The van der Waals surface area contributed by atoms with Gasteiger partial charge in [-0.05, 0) is 7.05 Å². The minimum Gasteiger partial charge on any atom is -0.468 e. The molecule has 1 atom stereocenters. The Morgan fingerprint density at radius 1 is 1.50 bits per heavy atom. The lowest BCUT2D eigenvalue weighted by atomic mass is 9.97. The predicted molar refractivity (Wildman–Crippen MR) is 54.0 cm³/mol. The van der Waals surface area contributed by atoms with Crippen LogP contribution in [0, 0.1) is 5.92 Å². The lowest BCUT2D eigenvalue weighted by Crippen LogP contribution is -2.42. The maximum Gasteiger partial charge on any atom is 0.317 e. The highest BCUT2D eigenvalue weighted by Crippen LogP contribution is 2.12. The zero-order valence-corrected chi connectivity index (χ0v) is 9.37. The molecule has 1 rings (SSSR count). The molecule has 0 N–H and O–H groups in total. The third-order valence-corrected chi connectivity index (χ3v) is 2.11. The van der Waals surface area contributed by atoms with Crippen molar-refractivity contribution in [2.24, 2.45) is 5.92 Å². The van der Waals surface area contributed by atoms with Crippen molar-refractivity contribution in [1.29, 1.82) is 0 Å². The number of carbonyl (C=O) groups is 2. The zero-order valence-electron chi connectivity index (χ0n) is 9.37. The first kappa shape index (κ1) is 13.1. The molecular formula is C10H19NO3. The first-order chi connectivity index (χ1) is 6.65. The van der Waals surface area contributed by atoms with Crippen molar-refractivity contribution in [3.63, 3.8) is 0 Å². The highest BCUT2D eigenvalue weighted by molar-refractivity contribution is 5.99. The molecule has 1 saturated heterocycles. The first-order valence-corrected chi connectivity index (χ1v) is 4.94. The second kappa shape index (κ2) is 6.54. The van der Waals surface area contributed by atoms with Crippen LogP contribution in [-0.2, 0) is 14.3 Å². The van der Waals surface area contributed by atoms with Crippen LogP contribution in [0.5, 0.6) is 0 Å². The summed E-state index contributed by atoms with van der Waals surface area (Å²) in [5.41, 5.74) is 0. The largest absolute Gasteiger partial charge is 0.468 e. The van der Waals surface area contributed by atoms with Crippen LogP contribution in [0.4, 0.5) is 0 Å². The summed E-state index contributed by atoms with van der Waals surface area (Å²) in [7, 11) is 3.20. The Morgan fingerprint density at radius 2 is 2.07 bits per heavy atom. The van der Waals surface area contributed by atoms with Gasteiger partial charge in [0, 0.05) is 19.5 Å². The molecular weight excluding hydrogens is 182 g/mol. The molecule has 0 aromatic rings. The summed E-state index contributed by atoms with van der Waals surface area (Å²) in [6.07, 6.45) is 0.455. The molecule has 0 bridgehead atoms. The number of esters is 1. The normalized spacial score (nSPS) is 22.3. The van der Waals surface area contributed by atoms with Crippen LogP contribution >= 0.6 is 0 Å². The fourth-order valence-corrected chi connectivity index (χ4v) is 1.33. The molecule has 0 aromatic heterocycles. The minimum absolute atomic E-state index is 0.0000463. The number of hydrogen-bond acceptors (Lipinski definition) is 4. The molecule has 1 unspecified atom stereocenters. The number of nitrogens with zero attached hydrogens (tertiary/aromatic N) is 1. The standard InChI is InChI=1S/C8H13NO3.C2H6/c1-9-4-3-7(10)6(5-9)8(11)12-2;1-2/h6H,3-5H2,1-2H3;1-2H3. The maximum absolute atomic E-state index is 11.2. The van der Waals surface area contributed by atoms with E-state index in [9.17, 15) is 9.59 Å². The quantitative estimate of drug-likeness (QED) is 0.463. The Morgan fingerprint density at radius 3 is 2.57 bits per heavy atom. The molecule has 0 aromatic carbocycles. The average Bonchev–Trinajstić information content (AvgIpc) is 2.23. The van der Waals surface area contributed by atoms with Gasteiger partial charge in [0.1, 0.15) is 11.7 Å². The van der Waals surface area contributed by atoms with Crippen LogP contribution in [0.2, 0.25) is 0 Å². The summed E-state index contributed by atoms with van der Waals surface area (Å²) in [4.78, 5) is 24.2. The summed E-state index contributed by atoms with van der Waals surface area (Å²) in [6, 6.07) is 0. The fourth-order valence-electron chi connectivity index (χ4n) is 1.33. The van der Waals surface area contributed by atoms with Gasteiger partial charge in [-0.2, -0.15) is 0 Å². The molecule has 14 heavy (non-hydrogen) atoms. The number of piperidine rings is 1. The molecule has 0 aliphatic carbocycles. The molecule has 1 heterocycles. The van der Waals surface area contributed by atoms with E-state index in [4.69, 9.17) is 0 Å². The first-order valence-electron chi connectivity index (χ1n) is 4.94. The van der Waals surface area contributed by atoms with Gasteiger partial charge in [-0.15, -0.1) is 0 Å². The smallest absolute Gasteiger partial charge is 0.317 e. The van der Waals surface area contributed by atoms with Crippen molar-refractivity contribution in [1.82, 2.24) is 4.90 Å². The average molecular weight is 201 g/mol. The van der Waals surface area contributed by atoms with E-state index >= 15 is 0 Å². The lowest BCUT2D eigenvalue weighted by molar-refractivity contribution is -0.151. The molecule has 0 amide bonds. The number of rotatable bonds is 1. The van der Waals surface area contributed by atoms with Gasteiger partial charge in [-0.1, -0.05) is 13.8 Å². The predicted octanol–water partition coefficient (Wildman–Crippen LogP) is 0.706. The molecule has 4 heteroatoms. The molecule has 4 nitrogen and oxygen atoms in total. The lowest BCUT2D eigenvalue weighted by Gasteiger charge is -2.26. The van der Waals surface area contributed by atoms with Crippen molar-refractivity contribution < 1.29 is 14.3 Å². The molecule has 0 saturated carbocycles. The van der Waals surface area contributed by atoms with Gasteiger partial charge < -0.3 is 9.64 Å². The topological polar surface area (TPSA) is 46.6 Å². The van der Waals surface area contributed by atoms with Gasteiger partial charge in [-0.3, -0.25) is 9.59 Å². The van der Waals surface area contributed by atoms with E-state index in [0.717, 1.165) is 6.54 Å². The van der Waals surface area contributed by atoms with E-state index in [2.05, 4.69) is 4.74 Å². The summed E-state index contributed by atoms with van der Waals surface area (Å²) in [5, 5.41) is 0. The van der Waals surface area contributed by atoms with E-state index in [0.29, 0.717) is 13.0 Å². The van der Waals surface area contributed by atoms with Gasteiger partial charge in [-0.25, -0.2) is 0 Å². The second-order valence-corrected chi connectivity index (χ2v) is 3.05. The zero-order chi connectivity index (χ0) is 11.1. The van der Waals surface area contributed by atoms with E-state index in [1.807, 2.05) is 25.8 Å². The fraction of sp³-hybridized carbons (Fsp3) is 0.800. The van der Waals surface area contributed by atoms with Gasteiger partial charge >= 0.3 is 5.97 Å². The molecule has 82 valence electrons. The van der Waals surface area contributed by atoms with E-state index in [1.54, 1.807) is 0 Å². The Hall–Kier alpha value is -0.900. The molecule has 0 spiro atoms. The Balaban J connectivity index is 0.000000791.